The molecule has 0 spiro atoms. The molecule has 2 aliphatic heterocycles. The first kappa shape index (κ1) is 50.8. The number of halogens is 10. The van der Waals surface area contributed by atoms with Crippen LogP contribution < -0.4 is 10.6 Å². The summed E-state index contributed by atoms with van der Waals surface area (Å²) in [4.78, 5) is 44.6. The SMILES string of the molecule is C[N+]1(C)CCN(Cc2cccc(C(=O)NCc3ccc(F)c(-c4cccc(CN5CCNCC5)c4)c3)c2)CC1.O=C(O)C(F)(F)F.O=C(O)C(F)(F)F.O=C(O)C(F)(F)F. The van der Waals surface area contributed by atoms with Crippen LogP contribution in [0.1, 0.15) is 27.0 Å². The summed E-state index contributed by atoms with van der Waals surface area (Å²) in [6, 6.07) is 21.1. The molecule has 0 bridgehead atoms. The zero-order valence-electron chi connectivity index (χ0n) is 32.2. The second-order valence-corrected chi connectivity index (χ2v) is 14.0. The molecule has 2 fully saturated rings. The van der Waals surface area contributed by atoms with E-state index in [-0.39, 0.29) is 11.7 Å². The summed E-state index contributed by atoms with van der Waals surface area (Å²) in [6.07, 6.45) is -15.3. The predicted molar refractivity (Wildman–Crippen MR) is 196 cm³/mol. The van der Waals surface area contributed by atoms with E-state index in [2.05, 4.69) is 52.7 Å². The second-order valence-electron chi connectivity index (χ2n) is 14.0. The summed E-state index contributed by atoms with van der Waals surface area (Å²) in [5, 5.41) is 27.8. The van der Waals surface area contributed by atoms with Crippen molar-refractivity contribution in [3.63, 3.8) is 0 Å². The van der Waals surface area contributed by atoms with Gasteiger partial charge in [-0.1, -0.05) is 36.4 Å². The molecule has 0 unspecified atom stereocenters. The van der Waals surface area contributed by atoms with E-state index in [9.17, 15) is 48.7 Å². The summed E-state index contributed by atoms with van der Waals surface area (Å²) in [7, 11) is 4.55. The monoisotopic (exact) mass is 872 g/mol. The number of aliphatic carboxylic acids is 3. The van der Waals surface area contributed by atoms with Crippen LogP contribution in [0.3, 0.4) is 0 Å². The maximum atomic E-state index is 14.9. The smallest absolute Gasteiger partial charge is 0.475 e. The fraction of sp³-hybridized carbons (Fsp3) is 0.421. The van der Waals surface area contributed by atoms with E-state index in [1.165, 1.54) is 11.6 Å². The van der Waals surface area contributed by atoms with Crippen LogP contribution >= 0.6 is 0 Å². The van der Waals surface area contributed by atoms with Crippen molar-refractivity contribution in [3.05, 3.63) is 94.8 Å². The van der Waals surface area contributed by atoms with Crippen LogP contribution in [0.25, 0.3) is 11.1 Å². The van der Waals surface area contributed by atoms with Crippen LogP contribution in [0, 0.1) is 5.82 Å². The third-order valence-corrected chi connectivity index (χ3v) is 8.70. The highest BCUT2D eigenvalue weighted by molar-refractivity contribution is 5.94. The Morgan fingerprint density at radius 3 is 1.58 bits per heavy atom. The van der Waals surface area contributed by atoms with Gasteiger partial charge >= 0.3 is 36.4 Å². The van der Waals surface area contributed by atoms with Gasteiger partial charge in [-0.15, -0.1) is 0 Å². The Labute approximate surface area is 337 Å². The quantitative estimate of drug-likeness (QED) is 0.142. The first-order chi connectivity index (χ1) is 27.7. The summed E-state index contributed by atoms with van der Waals surface area (Å²) >= 11 is 0. The molecular formula is C38H44F10N5O7+. The Hall–Kier alpha value is -5.32. The molecule has 0 aliphatic carbocycles. The number of amides is 1. The molecule has 0 aromatic heterocycles. The lowest BCUT2D eigenvalue weighted by Gasteiger charge is -2.39. The van der Waals surface area contributed by atoms with Crippen molar-refractivity contribution in [2.24, 2.45) is 0 Å². The number of nitrogens with zero attached hydrogens (tertiary/aromatic N) is 3. The first-order valence-electron chi connectivity index (χ1n) is 17.8. The molecule has 5 N–H and O–H groups in total. The van der Waals surface area contributed by atoms with E-state index in [1.54, 1.807) is 6.07 Å². The minimum Gasteiger partial charge on any atom is -0.475 e. The number of carboxylic acids is 3. The lowest BCUT2D eigenvalue weighted by Crippen LogP contribution is -2.54. The average molecular weight is 873 g/mol. The summed E-state index contributed by atoms with van der Waals surface area (Å²) in [6.45, 7) is 10.5. The summed E-state index contributed by atoms with van der Waals surface area (Å²) < 4.78 is 111. The molecule has 332 valence electrons. The number of likely N-dealkylation sites (N-methyl/N-ethyl adjacent to an activating group) is 1. The van der Waals surface area contributed by atoms with Crippen LogP contribution in [-0.2, 0) is 34.0 Å². The highest BCUT2D eigenvalue weighted by Gasteiger charge is 2.39. The number of quaternary nitrogens is 1. The Morgan fingerprint density at radius 2 is 1.10 bits per heavy atom. The third kappa shape index (κ3) is 18.7. The maximum Gasteiger partial charge on any atom is 0.490 e. The van der Waals surface area contributed by atoms with Gasteiger partial charge in [0.05, 0.1) is 27.2 Å². The maximum absolute atomic E-state index is 14.9. The molecule has 0 radical (unpaired) electrons. The van der Waals surface area contributed by atoms with Gasteiger partial charge in [0.15, 0.2) is 0 Å². The minimum absolute atomic E-state index is 0.114. The fourth-order valence-corrected chi connectivity index (χ4v) is 5.43. The summed E-state index contributed by atoms with van der Waals surface area (Å²) in [5.74, 6) is -8.64. The van der Waals surface area contributed by atoms with Crippen LogP contribution in [0.2, 0.25) is 0 Å². The zero-order valence-corrected chi connectivity index (χ0v) is 32.2. The third-order valence-electron chi connectivity index (χ3n) is 8.70. The highest BCUT2D eigenvalue weighted by atomic mass is 19.4. The number of hydrogen-bond acceptors (Lipinski definition) is 7. The summed E-state index contributed by atoms with van der Waals surface area (Å²) in [5.41, 5.74) is 5.29. The molecule has 0 saturated carbocycles. The van der Waals surface area contributed by atoms with Crippen molar-refractivity contribution >= 4 is 23.8 Å². The van der Waals surface area contributed by atoms with Crippen LogP contribution in [0.4, 0.5) is 43.9 Å². The van der Waals surface area contributed by atoms with Gasteiger partial charge in [-0.2, -0.15) is 39.5 Å². The Bertz CT molecular complexity index is 1830. The van der Waals surface area contributed by atoms with E-state index >= 15 is 0 Å². The number of carboxylic acid groups (broad SMARTS) is 3. The van der Waals surface area contributed by atoms with Gasteiger partial charge in [0, 0.05) is 70.0 Å². The molecule has 2 heterocycles. The van der Waals surface area contributed by atoms with Gasteiger partial charge in [0.2, 0.25) is 0 Å². The minimum atomic E-state index is -5.08. The van der Waals surface area contributed by atoms with Crippen molar-refractivity contribution in [1.82, 2.24) is 20.4 Å². The Morgan fingerprint density at radius 1 is 0.650 bits per heavy atom. The molecular weight excluding hydrogens is 828 g/mol. The van der Waals surface area contributed by atoms with Crippen LogP contribution in [0.15, 0.2) is 66.7 Å². The number of benzene rings is 3. The van der Waals surface area contributed by atoms with E-state index < -0.39 is 36.4 Å². The van der Waals surface area contributed by atoms with Gasteiger partial charge in [-0.25, -0.2) is 18.8 Å². The first-order valence-corrected chi connectivity index (χ1v) is 17.8. The van der Waals surface area contributed by atoms with Gasteiger partial charge in [-0.05, 0) is 52.6 Å². The van der Waals surface area contributed by atoms with Crippen LogP contribution in [0.5, 0.6) is 0 Å². The van der Waals surface area contributed by atoms with Crippen molar-refractivity contribution in [2.45, 2.75) is 38.2 Å². The van der Waals surface area contributed by atoms with Gasteiger partial charge in [0.1, 0.15) is 5.82 Å². The Balaban J connectivity index is 0.000000485. The fourth-order valence-electron chi connectivity index (χ4n) is 5.43. The molecule has 0 atom stereocenters. The average Bonchev–Trinajstić information content (AvgIpc) is 3.15. The molecule has 5 rings (SSSR count). The van der Waals surface area contributed by atoms with Gasteiger partial charge < -0.3 is 30.4 Å². The molecule has 22 heteroatoms. The largest absolute Gasteiger partial charge is 0.490 e. The number of carbonyl (C=O) groups excluding carboxylic acids is 1. The molecule has 60 heavy (non-hydrogen) atoms. The molecule has 2 aliphatic rings. The highest BCUT2D eigenvalue weighted by Crippen LogP contribution is 2.26. The Kier molecular flexibility index (Phi) is 18.9. The molecule has 1 amide bonds. The zero-order chi connectivity index (χ0) is 45.5. The van der Waals surface area contributed by atoms with Gasteiger partial charge in [0.25, 0.3) is 5.91 Å². The number of carbonyl (C=O) groups is 4. The number of rotatable bonds is 8. The standard InChI is InChI=1S/C32H40FN5O.3C2HF3O2/c1-38(2)17-15-37(16-18-38)24-27-6-4-8-29(20-27)32(39)35-22-25-9-10-31(33)30(21-25)28-7-3-5-26(19-28)23-36-13-11-34-12-14-36;3*3-2(4,5)1(6)7/h3-10,19-21,34H,11-18,22-24H2,1-2H3;3*(H,6,7)/p+1. The second kappa shape index (κ2) is 22.3. The van der Waals surface area contributed by atoms with E-state index in [1.807, 2.05) is 36.4 Å². The predicted octanol–water partition coefficient (Wildman–Crippen LogP) is 5.62. The lowest BCUT2D eigenvalue weighted by atomic mass is 10.00. The van der Waals surface area contributed by atoms with Gasteiger partial charge in [-0.3, -0.25) is 14.6 Å². The van der Waals surface area contributed by atoms with Crippen molar-refractivity contribution in [3.8, 4) is 11.1 Å². The van der Waals surface area contributed by atoms with E-state index in [4.69, 9.17) is 29.7 Å². The number of hydrogen-bond donors (Lipinski definition) is 5. The molecule has 3 aromatic carbocycles. The number of piperazine rings is 2. The van der Waals surface area contributed by atoms with E-state index in [0.717, 1.165) is 86.6 Å². The van der Waals surface area contributed by atoms with E-state index in [0.29, 0.717) is 17.7 Å². The van der Waals surface area contributed by atoms with Crippen LogP contribution in [-0.4, -0.2) is 138 Å². The molecule has 3 aromatic rings. The van der Waals surface area contributed by atoms with Crippen molar-refractivity contribution in [1.29, 1.82) is 0 Å². The topological polar surface area (TPSA) is 160 Å². The number of alkyl halides is 9. The number of nitrogens with one attached hydrogen (secondary N) is 2. The molecule has 12 nitrogen and oxygen atoms in total. The lowest BCUT2D eigenvalue weighted by molar-refractivity contribution is -0.894. The van der Waals surface area contributed by atoms with Crippen molar-refractivity contribution in [2.75, 3.05) is 66.5 Å². The van der Waals surface area contributed by atoms with Crippen molar-refractivity contribution < 1.29 is 82.9 Å². The normalized spacial score (nSPS) is 15.7. The molecule has 2 saturated heterocycles.